The largest absolute Gasteiger partial charge is 0.462 e. The number of hydrogen-bond donors (Lipinski definition) is 0. The third kappa shape index (κ3) is 44.3. The number of unbranched alkanes of at least 4 members (excludes halogenated alkanes) is 30. The zero-order chi connectivity index (χ0) is 43.3. The van der Waals surface area contributed by atoms with Crippen molar-refractivity contribution in [3.63, 3.8) is 0 Å². The summed E-state index contributed by atoms with van der Waals surface area (Å²) in [5, 5.41) is 0. The van der Waals surface area contributed by atoms with Gasteiger partial charge in [-0.3, -0.25) is 14.4 Å². The van der Waals surface area contributed by atoms with Crippen LogP contribution in [0.2, 0.25) is 0 Å². The molecule has 0 spiro atoms. The topological polar surface area (TPSA) is 78.9 Å². The Morgan fingerprint density at radius 3 is 0.881 bits per heavy atom. The number of carbonyl (C=O) groups excluding carboxylic acids is 3. The van der Waals surface area contributed by atoms with Gasteiger partial charge in [0.05, 0.1) is 0 Å². The van der Waals surface area contributed by atoms with Crippen LogP contribution in [0.1, 0.15) is 291 Å². The highest BCUT2D eigenvalue weighted by Crippen LogP contribution is 2.18. The second-order valence-electron chi connectivity index (χ2n) is 18.6. The highest BCUT2D eigenvalue weighted by molar-refractivity contribution is 5.71. The number of rotatable bonds is 47. The summed E-state index contributed by atoms with van der Waals surface area (Å²) in [6, 6.07) is 0. The van der Waals surface area contributed by atoms with E-state index >= 15 is 0 Å². The van der Waals surface area contributed by atoms with Crippen molar-refractivity contribution >= 4 is 17.9 Å². The lowest BCUT2D eigenvalue weighted by atomic mass is 9.99. The summed E-state index contributed by atoms with van der Waals surface area (Å²) in [6.07, 6.45) is 46.5. The first-order valence-electron chi connectivity index (χ1n) is 26.3. The predicted molar refractivity (Wildman–Crippen MR) is 252 cm³/mol. The van der Waals surface area contributed by atoms with Crippen LogP contribution >= 0.6 is 0 Å². The Morgan fingerprint density at radius 2 is 0.593 bits per heavy atom. The molecule has 0 aromatic heterocycles. The summed E-state index contributed by atoms with van der Waals surface area (Å²) in [4.78, 5) is 37.9. The lowest BCUT2D eigenvalue weighted by molar-refractivity contribution is -0.167. The minimum atomic E-state index is -0.762. The molecule has 350 valence electrons. The SMILES string of the molecule is CCCCCCCCCCCCCCCC(=O)O[C@@H](COC(=O)CCCCCCCCCCCCCCCCC(C)CC)COC(=O)CCCCCCCCC(C)CC. The second kappa shape index (κ2) is 45.9. The fourth-order valence-electron chi connectivity index (χ4n) is 7.93. The maximum Gasteiger partial charge on any atom is 0.306 e. The van der Waals surface area contributed by atoms with Crippen molar-refractivity contribution in [1.29, 1.82) is 0 Å². The van der Waals surface area contributed by atoms with Crippen LogP contribution in [0.3, 0.4) is 0 Å². The lowest BCUT2D eigenvalue weighted by Gasteiger charge is -2.18. The monoisotopic (exact) mass is 835 g/mol. The number of ether oxygens (including phenoxy) is 3. The Kier molecular flexibility index (Phi) is 44.7. The van der Waals surface area contributed by atoms with E-state index in [1.807, 2.05) is 0 Å². The molecule has 0 bridgehead atoms. The van der Waals surface area contributed by atoms with Crippen LogP contribution in [0.15, 0.2) is 0 Å². The van der Waals surface area contributed by atoms with Gasteiger partial charge in [-0.05, 0) is 31.1 Å². The van der Waals surface area contributed by atoms with Gasteiger partial charge in [-0.15, -0.1) is 0 Å². The summed E-state index contributed by atoms with van der Waals surface area (Å²) in [5.74, 6) is 0.860. The smallest absolute Gasteiger partial charge is 0.306 e. The van der Waals surface area contributed by atoms with Crippen molar-refractivity contribution in [3.8, 4) is 0 Å². The van der Waals surface area contributed by atoms with E-state index in [9.17, 15) is 14.4 Å². The Bertz CT molecular complexity index is 904. The number of carbonyl (C=O) groups is 3. The molecule has 0 saturated carbocycles. The molecular formula is C53H102O6. The first kappa shape index (κ1) is 57.4. The zero-order valence-electron chi connectivity index (χ0n) is 40.4. The number of esters is 3. The highest BCUT2D eigenvalue weighted by Gasteiger charge is 2.19. The van der Waals surface area contributed by atoms with Crippen molar-refractivity contribution in [3.05, 3.63) is 0 Å². The first-order valence-corrected chi connectivity index (χ1v) is 26.3. The fourth-order valence-corrected chi connectivity index (χ4v) is 7.93. The van der Waals surface area contributed by atoms with E-state index < -0.39 is 6.10 Å². The minimum absolute atomic E-state index is 0.0641. The van der Waals surface area contributed by atoms with E-state index in [1.165, 1.54) is 180 Å². The average Bonchev–Trinajstić information content (AvgIpc) is 3.23. The highest BCUT2D eigenvalue weighted by atomic mass is 16.6. The van der Waals surface area contributed by atoms with Gasteiger partial charge in [-0.1, -0.05) is 253 Å². The molecule has 0 heterocycles. The summed E-state index contributed by atoms with van der Waals surface area (Å²) >= 11 is 0. The van der Waals surface area contributed by atoms with Crippen molar-refractivity contribution in [2.75, 3.05) is 13.2 Å². The van der Waals surface area contributed by atoms with E-state index in [4.69, 9.17) is 14.2 Å². The second-order valence-corrected chi connectivity index (χ2v) is 18.6. The van der Waals surface area contributed by atoms with E-state index in [1.54, 1.807) is 0 Å². The van der Waals surface area contributed by atoms with Crippen molar-refractivity contribution in [2.24, 2.45) is 11.8 Å². The van der Waals surface area contributed by atoms with Gasteiger partial charge in [0.15, 0.2) is 6.10 Å². The van der Waals surface area contributed by atoms with Crippen molar-refractivity contribution in [1.82, 2.24) is 0 Å². The van der Waals surface area contributed by atoms with Gasteiger partial charge in [0, 0.05) is 19.3 Å². The Labute approximate surface area is 368 Å². The van der Waals surface area contributed by atoms with Gasteiger partial charge >= 0.3 is 17.9 Å². The molecule has 0 aromatic carbocycles. The molecule has 0 saturated heterocycles. The van der Waals surface area contributed by atoms with Crippen LogP contribution in [0.25, 0.3) is 0 Å². The third-order valence-electron chi connectivity index (χ3n) is 12.7. The van der Waals surface area contributed by atoms with Crippen LogP contribution in [-0.2, 0) is 28.6 Å². The summed E-state index contributed by atoms with van der Waals surface area (Å²) in [7, 11) is 0. The van der Waals surface area contributed by atoms with Crippen LogP contribution in [0.5, 0.6) is 0 Å². The molecule has 0 aromatic rings. The van der Waals surface area contributed by atoms with Gasteiger partial charge in [-0.25, -0.2) is 0 Å². The van der Waals surface area contributed by atoms with Crippen LogP contribution in [-0.4, -0.2) is 37.2 Å². The van der Waals surface area contributed by atoms with E-state index in [0.717, 1.165) is 69.6 Å². The molecule has 6 nitrogen and oxygen atoms in total. The quantitative estimate of drug-likeness (QED) is 0.0345. The minimum Gasteiger partial charge on any atom is -0.462 e. The van der Waals surface area contributed by atoms with Gasteiger partial charge in [0.1, 0.15) is 13.2 Å². The molecule has 0 N–H and O–H groups in total. The normalized spacial score (nSPS) is 13.0. The standard InChI is InChI=1S/C53H102O6/c1-6-9-10-11-12-13-14-17-22-25-28-35-40-45-53(56)59-50(47-58-52(55)44-39-34-30-29-32-37-42-49(5)8-3)46-57-51(54)43-38-33-27-24-21-19-16-15-18-20-23-26-31-36-41-48(4)7-2/h48-50H,6-47H2,1-5H3/t48?,49?,50-/m0/s1. The number of hydrogen-bond acceptors (Lipinski definition) is 6. The van der Waals surface area contributed by atoms with Crippen LogP contribution in [0.4, 0.5) is 0 Å². The predicted octanol–water partition coefficient (Wildman–Crippen LogP) is 16.9. The third-order valence-corrected chi connectivity index (χ3v) is 12.7. The van der Waals surface area contributed by atoms with E-state index in [-0.39, 0.29) is 31.1 Å². The molecule has 0 fully saturated rings. The van der Waals surface area contributed by atoms with Crippen LogP contribution in [0, 0.1) is 11.8 Å². The average molecular weight is 835 g/mol. The lowest BCUT2D eigenvalue weighted by Crippen LogP contribution is -2.30. The molecule has 0 aliphatic carbocycles. The van der Waals surface area contributed by atoms with Gasteiger partial charge in [0.2, 0.25) is 0 Å². The van der Waals surface area contributed by atoms with E-state index in [0.29, 0.717) is 19.3 Å². The molecule has 0 aliphatic rings. The molecule has 2 unspecified atom stereocenters. The van der Waals surface area contributed by atoms with Crippen molar-refractivity contribution < 1.29 is 28.6 Å². The molecule has 59 heavy (non-hydrogen) atoms. The molecule has 3 atom stereocenters. The van der Waals surface area contributed by atoms with Gasteiger partial charge in [0.25, 0.3) is 0 Å². The Morgan fingerprint density at radius 1 is 0.339 bits per heavy atom. The summed E-state index contributed by atoms with van der Waals surface area (Å²) in [5.41, 5.74) is 0. The molecule has 0 radical (unpaired) electrons. The maximum absolute atomic E-state index is 12.8. The fraction of sp³-hybridized carbons (Fsp3) is 0.943. The van der Waals surface area contributed by atoms with Crippen molar-refractivity contribution in [2.45, 2.75) is 298 Å². The summed E-state index contributed by atoms with van der Waals surface area (Å²) < 4.78 is 16.8. The Balaban J connectivity index is 4.27. The molecule has 0 amide bonds. The molecular weight excluding hydrogens is 733 g/mol. The van der Waals surface area contributed by atoms with Gasteiger partial charge in [-0.2, -0.15) is 0 Å². The van der Waals surface area contributed by atoms with Crippen LogP contribution < -0.4 is 0 Å². The zero-order valence-corrected chi connectivity index (χ0v) is 40.4. The Hall–Kier alpha value is -1.59. The summed E-state index contributed by atoms with van der Waals surface area (Å²) in [6.45, 7) is 11.4. The molecule has 6 heteroatoms. The molecule has 0 aliphatic heterocycles. The maximum atomic E-state index is 12.8. The van der Waals surface area contributed by atoms with E-state index in [2.05, 4.69) is 34.6 Å². The van der Waals surface area contributed by atoms with Gasteiger partial charge < -0.3 is 14.2 Å². The molecule has 0 rings (SSSR count). The first-order chi connectivity index (χ1) is 28.8.